The summed E-state index contributed by atoms with van der Waals surface area (Å²) in [6.45, 7) is 5.34. The summed E-state index contributed by atoms with van der Waals surface area (Å²) in [7, 11) is 0. The van der Waals surface area contributed by atoms with Gasteiger partial charge in [0.15, 0.2) is 0 Å². The van der Waals surface area contributed by atoms with Gasteiger partial charge in [0.25, 0.3) is 0 Å². The Kier molecular flexibility index (Phi) is 5.04. The molecule has 0 radical (unpaired) electrons. The number of ether oxygens (including phenoxy) is 1. The molecular weight excluding hydrogens is 252 g/mol. The molecule has 0 aromatic heterocycles. The van der Waals surface area contributed by atoms with Gasteiger partial charge >= 0.3 is 6.09 Å². The van der Waals surface area contributed by atoms with Gasteiger partial charge in [-0.3, -0.25) is 4.79 Å². The second-order valence-corrected chi connectivity index (χ2v) is 6.45. The van der Waals surface area contributed by atoms with Gasteiger partial charge in [-0.15, -0.1) is 0 Å². The third-order valence-electron chi connectivity index (χ3n) is 2.71. The molecule has 104 valence electrons. The van der Waals surface area contributed by atoms with Crippen LogP contribution in [0.2, 0.25) is 0 Å². The Morgan fingerprint density at radius 1 is 1.56 bits per heavy atom. The Bertz CT molecular complexity index is 328. The Balaban J connectivity index is 2.75. The quantitative estimate of drug-likeness (QED) is 0.846. The molecule has 0 spiro atoms. The first-order chi connectivity index (χ1) is 8.26. The van der Waals surface area contributed by atoms with Gasteiger partial charge in [0.1, 0.15) is 5.60 Å². The van der Waals surface area contributed by atoms with Crippen LogP contribution in [-0.4, -0.2) is 46.6 Å². The number of nitrogens with two attached hydrogens (primary N) is 1. The summed E-state index contributed by atoms with van der Waals surface area (Å²) in [5, 5.41) is 0. The zero-order valence-corrected chi connectivity index (χ0v) is 12.3. The summed E-state index contributed by atoms with van der Waals surface area (Å²) in [6, 6.07) is -0.517. The van der Waals surface area contributed by atoms with Crippen molar-refractivity contribution in [3.63, 3.8) is 0 Å². The zero-order valence-electron chi connectivity index (χ0n) is 11.4. The number of thioether (sulfide) groups is 1. The summed E-state index contributed by atoms with van der Waals surface area (Å²) >= 11 is 1.67. The summed E-state index contributed by atoms with van der Waals surface area (Å²) in [4.78, 5) is 25.0. The molecule has 1 aliphatic heterocycles. The minimum absolute atomic E-state index is 0.221. The van der Waals surface area contributed by atoms with Crippen LogP contribution in [0.4, 0.5) is 4.79 Å². The number of nitrogens with zero attached hydrogens (tertiary/aromatic N) is 1. The number of carbonyl (C=O) groups excluding carboxylic acids is 2. The molecule has 0 aromatic carbocycles. The fourth-order valence-corrected chi connectivity index (χ4v) is 2.42. The minimum Gasteiger partial charge on any atom is -0.443 e. The number of hydrogen-bond acceptors (Lipinski definition) is 5. The molecule has 0 aromatic rings. The van der Waals surface area contributed by atoms with Crippen molar-refractivity contribution in [3.8, 4) is 0 Å². The Morgan fingerprint density at radius 3 is 2.67 bits per heavy atom. The molecule has 18 heavy (non-hydrogen) atoms. The van der Waals surface area contributed by atoms with E-state index < -0.39 is 11.7 Å². The van der Waals surface area contributed by atoms with Crippen molar-refractivity contribution in [2.75, 3.05) is 12.0 Å². The lowest BCUT2D eigenvalue weighted by Crippen LogP contribution is -2.46. The second kappa shape index (κ2) is 5.93. The Labute approximate surface area is 112 Å². The number of imide groups is 1. The molecule has 2 atom stereocenters. The topological polar surface area (TPSA) is 72.6 Å². The highest BCUT2D eigenvalue weighted by Gasteiger charge is 2.42. The first-order valence-corrected chi connectivity index (χ1v) is 7.45. The Morgan fingerprint density at radius 2 is 2.17 bits per heavy atom. The van der Waals surface area contributed by atoms with Crippen molar-refractivity contribution in [2.24, 2.45) is 5.73 Å². The average molecular weight is 274 g/mol. The molecule has 1 rings (SSSR count). The first-order valence-electron chi connectivity index (χ1n) is 6.06. The SMILES string of the molecule is CSCC[C@H]1[C@@H](N)CC(=O)N1C(=O)OC(C)(C)C. The molecule has 0 saturated carbocycles. The van der Waals surface area contributed by atoms with Gasteiger partial charge in [0, 0.05) is 12.5 Å². The predicted octanol–water partition coefficient (Wildman–Crippen LogP) is 1.60. The molecule has 0 bridgehead atoms. The number of carbonyl (C=O) groups is 2. The molecule has 1 saturated heterocycles. The monoisotopic (exact) mass is 274 g/mol. The summed E-state index contributed by atoms with van der Waals surface area (Å²) in [5.74, 6) is 0.633. The highest BCUT2D eigenvalue weighted by atomic mass is 32.2. The zero-order chi connectivity index (χ0) is 13.9. The van der Waals surface area contributed by atoms with E-state index in [1.807, 2.05) is 6.26 Å². The van der Waals surface area contributed by atoms with E-state index in [0.717, 1.165) is 5.75 Å². The Hall–Kier alpha value is -0.750. The van der Waals surface area contributed by atoms with Crippen LogP contribution in [0.5, 0.6) is 0 Å². The second-order valence-electron chi connectivity index (χ2n) is 5.46. The van der Waals surface area contributed by atoms with E-state index >= 15 is 0 Å². The van der Waals surface area contributed by atoms with Crippen LogP contribution in [0.25, 0.3) is 0 Å². The lowest BCUT2D eigenvalue weighted by molar-refractivity contribution is -0.128. The lowest BCUT2D eigenvalue weighted by atomic mass is 10.1. The first kappa shape index (κ1) is 15.3. The summed E-state index contributed by atoms with van der Waals surface area (Å²) in [6.07, 6.45) is 2.35. The smallest absolute Gasteiger partial charge is 0.417 e. The molecule has 0 aliphatic carbocycles. The van der Waals surface area contributed by atoms with Crippen molar-refractivity contribution >= 4 is 23.8 Å². The summed E-state index contributed by atoms with van der Waals surface area (Å²) in [5.41, 5.74) is 5.32. The van der Waals surface area contributed by atoms with E-state index in [9.17, 15) is 9.59 Å². The molecular formula is C12H22N2O3S. The van der Waals surface area contributed by atoms with Gasteiger partial charge in [0.05, 0.1) is 6.04 Å². The standard InChI is InChI=1S/C12H22N2O3S/c1-12(2,3)17-11(16)14-9(5-6-18-4)8(13)7-10(14)15/h8-9H,5-7,13H2,1-4H3/t8-,9-/m0/s1. The predicted molar refractivity (Wildman–Crippen MR) is 72.5 cm³/mol. The van der Waals surface area contributed by atoms with Gasteiger partial charge in [-0.05, 0) is 39.2 Å². The van der Waals surface area contributed by atoms with E-state index in [1.54, 1.807) is 32.5 Å². The van der Waals surface area contributed by atoms with Crippen LogP contribution in [0.15, 0.2) is 0 Å². The van der Waals surface area contributed by atoms with Gasteiger partial charge < -0.3 is 10.5 Å². The maximum Gasteiger partial charge on any atom is 0.417 e. The van der Waals surface area contributed by atoms with Gasteiger partial charge in [-0.2, -0.15) is 11.8 Å². The van der Waals surface area contributed by atoms with E-state index in [2.05, 4.69) is 0 Å². The highest BCUT2D eigenvalue weighted by Crippen LogP contribution is 2.24. The van der Waals surface area contributed by atoms with Crippen molar-refractivity contribution in [2.45, 2.75) is 51.3 Å². The molecule has 2 N–H and O–H groups in total. The third-order valence-corrected chi connectivity index (χ3v) is 3.36. The van der Waals surface area contributed by atoms with Crippen molar-refractivity contribution < 1.29 is 14.3 Å². The minimum atomic E-state index is -0.603. The van der Waals surface area contributed by atoms with Crippen molar-refractivity contribution in [1.82, 2.24) is 4.90 Å². The van der Waals surface area contributed by atoms with Crippen molar-refractivity contribution in [1.29, 1.82) is 0 Å². The van der Waals surface area contributed by atoms with Crippen LogP contribution in [-0.2, 0) is 9.53 Å². The molecule has 1 heterocycles. The normalized spacial score (nSPS) is 24.5. The number of amides is 2. The maximum atomic E-state index is 12.0. The third kappa shape index (κ3) is 3.88. The highest BCUT2D eigenvalue weighted by molar-refractivity contribution is 7.98. The number of hydrogen-bond donors (Lipinski definition) is 1. The van der Waals surface area contributed by atoms with Crippen molar-refractivity contribution in [3.05, 3.63) is 0 Å². The largest absolute Gasteiger partial charge is 0.443 e. The molecule has 1 aliphatic rings. The fourth-order valence-electron chi connectivity index (χ4n) is 1.94. The van der Waals surface area contributed by atoms with Crippen LogP contribution in [0.3, 0.4) is 0 Å². The molecule has 1 fully saturated rings. The van der Waals surface area contributed by atoms with Gasteiger partial charge in [0.2, 0.25) is 5.91 Å². The van der Waals surface area contributed by atoms with Crippen LogP contribution in [0.1, 0.15) is 33.6 Å². The number of likely N-dealkylation sites (tertiary alicyclic amines) is 1. The maximum absolute atomic E-state index is 12.0. The molecule has 5 nitrogen and oxygen atoms in total. The molecule has 0 unspecified atom stereocenters. The van der Waals surface area contributed by atoms with Crippen LogP contribution < -0.4 is 5.73 Å². The van der Waals surface area contributed by atoms with E-state index in [4.69, 9.17) is 10.5 Å². The van der Waals surface area contributed by atoms with Gasteiger partial charge in [-0.25, -0.2) is 9.69 Å². The van der Waals surface area contributed by atoms with Gasteiger partial charge in [-0.1, -0.05) is 0 Å². The van der Waals surface area contributed by atoms with Crippen LogP contribution in [0, 0.1) is 0 Å². The lowest BCUT2D eigenvalue weighted by Gasteiger charge is -2.28. The average Bonchev–Trinajstić information content (AvgIpc) is 2.47. The molecule has 2 amide bonds. The number of rotatable bonds is 3. The fraction of sp³-hybridized carbons (Fsp3) is 0.833. The van der Waals surface area contributed by atoms with Crippen LogP contribution >= 0.6 is 11.8 Å². The van der Waals surface area contributed by atoms with E-state index in [0.29, 0.717) is 6.42 Å². The van der Waals surface area contributed by atoms with E-state index in [1.165, 1.54) is 4.90 Å². The van der Waals surface area contributed by atoms with E-state index in [-0.39, 0.29) is 24.4 Å². The molecule has 6 heteroatoms. The summed E-state index contributed by atoms with van der Waals surface area (Å²) < 4.78 is 5.25.